The van der Waals surface area contributed by atoms with E-state index in [4.69, 9.17) is 33.8 Å². The van der Waals surface area contributed by atoms with E-state index in [1.54, 1.807) is 0 Å². The van der Waals surface area contributed by atoms with Gasteiger partial charge in [0.25, 0.3) is 0 Å². The van der Waals surface area contributed by atoms with E-state index in [1.165, 1.54) is 30.5 Å². The first-order valence-corrected chi connectivity index (χ1v) is 16.7. The van der Waals surface area contributed by atoms with Crippen molar-refractivity contribution in [2.75, 3.05) is 65.8 Å². The summed E-state index contributed by atoms with van der Waals surface area (Å²) in [5.74, 6) is 3.76. The Bertz CT molecular complexity index is 1360. The molecular weight excluding hydrogens is 574 g/mol. The molecule has 2 saturated heterocycles. The second-order valence-corrected chi connectivity index (χ2v) is 13.7. The van der Waals surface area contributed by atoms with E-state index in [2.05, 4.69) is 87.7 Å². The average Bonchev–Trinajstić information content (AvgIpc) is 3.50. The fraction of sp³-hybridized carbons (Fsp3) is 0.500. The number of para-hydroxylation sites is 1. The minimum atomic E-state index is 0.0582. The summed E-state index contributed by atoms with van der Waals surface area (Å²) < 4.78 is 0. The molecule has 1 aromatic heterocycles. The molecule has 2 N–H and O–H groups in total. The summed E-state index contributed by atoms with van der Waals surface area (Å²) >= 11 is 12.0. The number of anilines is 4. The second-order valence-electron chi connectivity index (χ2n) is 12.9. The molecule has 0 spiro atoms. The largest absolute Gasteiger partial charge is 0.368 e. The number of piperazine rings is 1. The predicted octanol–water partition coefficient (Wildman–Crippen LogP) is 6.74. The van der Waals surface area contributed by atoms with Crippen LogP contribution >= 0.6 is 23.8 Å². The number of benzene rings is 2. The summed E-state index contributed by atoms with van der Waals surface area (Å²) in [4.78, 5) is 17.3. The van der Waals surface area contributed by atoms with E-state index in [0.29, 0.717) is 22.9 Å². The number of thiocarbonyl (C=S) groups is 1. The quantitative estimate of drug-likeness (QED) is 0.283. The van der Waals surface area contributed by atoms with E-state index in [-0.39, 0.29) is 5.41 Å². The minimum absolute atomic E-state index is 0.0582. The van der Waals surface area contributed by atoms with Crippen molar-refractivity contribution in [1.82, 2.24) is 15.3 Å². The molecule has 0 radical (unpaired) electrons. The molecule has 9 heteroatoms. The number of piperidine rings is 1. The standard InChI is InChI=1S/C34H44ClN7S/c1-25-20-26(2)23-42(22-25)31-21-30(41-18-16-40(17-19-41)29-8-4-3-5-9-29)37-32(38-31)39-33(43)36-24-34(14-6-7-15-34)27-10-12-28(35)13-11-27/h3-5,8-13,21,25-26H,6-7,14-20,22-24H2,1-2H3,(H2,36,37,38,39,43). The molecule has 2 atom stereocenters. The van der Waals surface area contributed by atoms with Gasteiger partial charge in [-0.05, 0) is 73.1 Å². The number of hydrogen-bond acceptors (Lipinski definition) is 6. The third-order valence-electron chi connectivity index (χ3n) is 9.45. The molecule has 6 rings (SSSR count). The second kappa shape index (κ2) is 13.3. The van der Waals surface area contributed by atoms with Crippen LogP contribution in [0.4, 0.5) is 23.3 Å². The molecule has 228 valence electrons. The molecule has 0 amide bonds. The Morgan fingerprint density at radius 2 is 1.47 bits per heavy atom. The zero-order chi connectivity index (χ0) is 29.8. The number of aromatic nitrogens is 2. The monoisotopic (exact) mass is 617 g/mol. The van der Waals surface area contributed by atoms with Gasteiger partial charge >= 0.3 is 0 Å². The fourth-order valence-electron chi connectivity index (χ4n) is 7.30. The third kappa shape index (κ3) is 7.18. The van der Waals surface area contributed by atoms with Crippen LogP contribution in [-0.4, -0.2) is 60.9 Å². The average molecular weight is 618 g/mol. The van der Waals surface area contributed by atoms with E-state index < -0.39 is 0 Å². The topological polar surface area (TPSA) is 59.6 Å². The third-order valence-corrected chi connectivity index (χ3v) is 9.95. The lowest BCUT2D eigenvalue weighted by Crippen LogP contribution is -2.47. The van der Waals surface area contributed by atoms with Gasteiger partial charge in [-0.2, -0.15) is 9.97 Å². The van der Waals surface area contributed by atoms with Gasteiger partial charge in [-0.25, -0.2) is 0 Å². The number of nitrogens with one attached hydrogen (secondary N) is 2. The van der Waals surface area contributed by atoms with Crippen LogP contribution < -0.4 is 25.3 Å². The van der Waals surface area contributed by atoms with Gasteiger partial charge in [0.1, 0.15) is 11.6 Å². The molecule has 43 heavy (non-hydrogen) atoms. The van der Waals surface area contributed by atoms with E-state index >= 15 is 0 Å². The Morgan fingerprint density at radius 1 is 0.860 bits per heavy atom. The van der Waals surface area contributed by atoms with Crippen LogP contribution in [0.15, 0.2) is 60.7 Å². The lowest BCUT2D eigenvalue weighted by atomic mass is 9.79. The smallest absolute Gasteiger partial charge is 0.232 e. The van der Waals surface area contributed by atoms with Gasteiger partial charge in [0, 0.05) is 68.0 Å². The SMILES string of the molecule is CC1CC(C)CN(c2cc(N3CCN(c4ccccc4)CC3)nc(NC(=S)NCC3(c4ccc(Cl)cc4)CCCC3)n2)C1. The first-order valence-electron chi connectivity index (χ1n) is 15.9. The number of rotatable bonds is 7. The molecule has 7 nitrogen and oxygen atoms in total. The van der Waals surface area contributed by atoms with Crippen molar-refractivity contribution < 1.29 is 0 Å². The molecule has 2 aromatic carbocycles. The van der Waals surface area contributed by atoms with Crippen molar-refractivity contribution in [3.63, 3.8) is 0 Å². The summed E-state index contributed by atoms with van der Waals surface area (Å²) in [5, 5.41) is 8.25. The Kier molecular flexibility index (Phi) is 9.24. The highest BCUT2D eigenvalue weighted by molar-refractivity contribution is 7.80. The van der Waals surface area contributed by atoms with Crippen molar-refractivity contribution in [3.05, 3.63) is 71.2 Å². The zero-order valence-electron chi connectivity index (χ0n) is 25.4. The maximum absolute atomic E-state index is 6.20. The molecule has 1 saturated carbocycles. The van der Waals surface area contributed by atoms with Crippen molar-refractivity contribution in [2.24, 2.45) is 11.8 Å². The van der Waals surface area contributed by atoms with Crippen molar-refractivity contribution in [2.45, 2.75) is 51.4 Å². The van der Waals surface area contributed by atoms with Crippen LogP contribution in [0.5, 0.6) is 0 Å². The Morgan fingerprint density at radius 3 is 2.12 bits per heavy atom. The lowest BCUT2D eigenvalue weighted by Gasteiger charge is -2.38. The molecule has 0 bridgehead atoms. The van der Waals surface area contributed by atoms with Crippen molar-refractivity contribution in [1.29, 1.82) is 0 Å². The van der Waals surface area contributed by atoms with Gasteiger partial charge in [-0.3, -0.25) is 0 Å². The van der Waals surface area contributed by atoms with E-state index in [9.17, 15) is 0 Å². The van der Waals surface area contributed by atoms with Crippen LogP contribution in [0.1, 0.15) is 51.5 Å². The first-order chi connectivity index (χ1) is 20.9. The number of hydrogen-bond donors (Lipinski definition) is 2. The summed E-state index contributed by atoms with van der Waals surface area (Å²) in [6, 6.07) is 21.2. The molecule has 3 aromatic rings. The van der Waals surface area contributed by atoms with E-state index in [1.807, 2.05) is 12.1 Å². The number of nitrogens with zero attached hydrogens (tertiary/aromatic N) is 5. The van der Waals surface area contributed by atoms with Crippen LogP contribution in [-0.2, 0) is 5.41 Å². The molecule has 1 aliphatic carbocycles. The van der Waals surface area contributed by atoms with Gasteiger partial charge in [0.15, 0.2) is 5.11 Å². The van der Waals surface area contributed by atoms with Crippen LogP contribution in [0.3, 0.4) is 0 Å². The summed E-state index contributed by atoms with van der Waals surface area (Å²) in [6.07, 6.45) is 5.98. The minimum Gasteiger partial charge on any atom is -0.368 e. The van der Waals surface area contributed by atoms with Crippen LogP contribution in [0.2, 0.25) is 5.02 Å². The zero-order valence-corrected chi connectivity index (χ0v) is 27.0. The van der Waals surface area contributed by atoms with Crippen LogP contribution in [0.25, 0.3) is 0 Å². The highest BCUT2D eigenvalue weighted by Crippen LogP contribution is 2.41. The molecule has 2 aliphatic heterocycles. The molecule has 3 heterocycles. The Balaban J connectivity index is 1.18. The summed E-state index contributed by atoms with van der Waals surface area (Å²) in [5.41, 5.74) is 2.66. The van der Waals surface area contributed by atoms with Crippen molar-refractivity contribution in [3.8, 4) is 0 Å². The molecular formula is C34H44ClN7S. The lowest BCUT2D eigenvalue weighted by molar-refractivity contribution is 0.355. The van der Waals surface area contributed by atoms with Crippen LogP contribution in [0, 0.1) is 11.8 Å². The van der Waals surface area contributed by atoms with Gasteiger partial charge in [-0.15, -0.1) is 0 Å². The summed E-state index contributed by atoms with van der Waals surface area (Å²) in [7, 11) is 0. The number of halogens is 1. The Hall–Kier alpha value is -3.10. The van der Waals surface area contributed by atoms with Gasteiger partial charge in [0.05, 0.1) is 0 Å². The maximum atomic E-state index is 6.20. The highest BCUT2D eigenvalue weighted by Gasteiger charge is 2.35. The molecule has 2 unspecified atom stereocenters. The van der Waals surface area contributed by atoms with Crippen molar-refractivity contribution >= 4 is 52.2 Å². The normalized spacial score (nSPS) is 22.0. The van der Waals surface area contributed by atoms with Gasteiger partial charge < -0.3 is 25.3 Å². The predicted molar refractivity (Wildman–Crippen MR) is 184 cm³/mol. The fourth-order valence-corrected chi connectivity index (χ4v) is 7.59. The molecule has 3 fully saturated rings. The Labute approximate surface area is 267 Å². The summed E-state index contributed by atoms with van der Waals surface area (Å²) in [6.45, 7) is 11.2. The highest BCUT2D eigenvalue weighted by atomic mass is 35.5. The molecule has 3 aliphatic rings. The first kappa shape index (κ1) is 29.9. The maximum Gasteiger partial charge on any atom is 0.232 e. The van der Waals surface area contributed by atoms with E-state index in [0.717, 1.165) is 75.3 Å². The van der Waals surface area contributed by atoms with Gasteiger partial charge in [0.2, 0.25) is 5.95 Å². The van der Waals surface area contributed by atoms with Gasteiger partial charge in [-0.1, -0.05) is 68.6 Å².